The average molecular weight is 436 g/mol. The maximum atomic E-state index is 14.4. The molecule has 3 aromatic heterocycles. The van der Waals surface area contributed by atoms with Crippen LogP contribution in [0.15, 0.2) is 24.7 Å². The van der Waals surface area contributed by atoms with Crippen LogP contribution in [0.3, 0.4) is 0 Å². The molecule has 0 aromatic carbocycles. The van der Waals surface area contributed by atoms with Gasteiger partial charge in [-0.2, -0.15) is 0 Å². The number of pyridine rings is 1. The second kappa shape index (κ2) is 8.43. The van der Waals surface area contributed by atoms with Crippen molar-refractivity contribution in [3.8, 4) is 11.4 Å². The van der Waals surface area contributed by atoms with Crippen LogP contribution in [0, 0.1) is 5.82 Å². The van der Waals surface area contributed by atoms with Gasteiger partial charge in [-0.1, -0.05) is 11.6 Å². The topological polar surface area (TPSA) is 127 Å². The van der Waals surface area contributed by atoms with Gasteiger partial charge in [-0.05, 0) is 31.7 Å². The van der Waals surface area contributed by atoms with Gasteiger partial charge in [-0.15, -0.1) is 0 Å². The zero-order valence-electron chi connectivity index (χ0n) is 16.1. The number of aliphatic hydroxyl groups excluding tert-OH is 2. The molecule has 0 saturated heterocycles. The van der Waals surface area contributed by atoms with Gasteiger partial charge in [0.15, 0.2) is 17.5 Å². The van der Waals surface area contributed by atoms with E-state index in [-0.39, 0.29) is 18.3 Å². The molecule has 5 N–H and O–H groups in total. The largest absolute Gasteiger partial charge is 0.394 e. The summed E-state index contributed by atoms with van der Waals surface area (Å²) in [7, 11) is 0. The predicted octanol–water partition coefficient (Wildman–Crippen LogP) is 2.64. The second-order valence-corrected chi connectivity index (χ2v) is 8.28. The van der Waals surface area contributed by atoms with E-state index < -0.39 is 24.1 Å². The van der Waals surface area contributed by atoms with Gasteiger partial charge < -0.3 is 25.6 Å². The maximum absolute atomic E-state index is 14.4. The van der Waals surface area contributed by atoms with Gasteiger partial charge in [0.05, 0.1) is 29.5 Å². The number of rotatable bonds is 6. The van der Waals surface area contributed by atoms with Gasteiger partial charge in [0.25, 0.3) is 0 Å². The summed E-state index contributed by atoms with van der Waals surface area (Å²) >= 11 is 6.05. The van der Waals surface area contributed by atoms with Gasteiger partial charge in [0, 0.05) is 35.8 Å². The number of aromatic amines is 1. The molecule has 3 aromatic rings. The summed E-state index contributed by atoms with van der Waals surface area (Å²) in [6.45, 7) is -0.409. The summed E-state index contributed by atoms with van der Waals surface area (Å²) in [5.74, 6) is -0.239. The molecule has 3 atom stereocenters. The normalized spacial score (nSPS) is 22.9. The molecule has 0 bridgehead atoms. The number of hydrogen-bond acceptors (Lipinski definition) is 7. The van der Waals surface area contributed by atoms with Crippen molar-refractivity contribution >= 4 is 28.5 Å². The van der Waals surface area contributed by atoms with E-state index in [2.05, 4.69) is 25.3 Å². The zero-order valence-corrected chi connectivity index (χ0v) is 16.9. The molecule has 8 nitrogen and oxygen atoms in total. The minimum atomic E-state index is -1.12. The molecule has 0 amide bonds. The Balaban J connectivity index is 1.57. The summed E-state index contributed by atoms with van der Waals surface area (Å²) < 4.78 is 14.4. The van der Waals surface area contributed by atoms with Crippen molar-refractivity contribution in [1.82, 2.24) is 19.9 Å². The number of hydrogen-bond donors (Lipinski definition) is 5. The third kappa shape index (κ3) is 4.39. The smallest absolute Gasteiger partial charge is 0.183 e. The lowest BCUT2D eigenvalue weighted by atomic mass is 9.78. The summed E-state index contributed by atoms with van der Waals surface area (Å²) in [4.78, 5) is 15.7. The van der Waals surface area contributed by atoms with Crippen molar-refractivity contribution in [1.29, 1.82) is 0 Å². The highest BCUT2D eigenvalue weighted by molar-refractivity contribution is 6.31. The van der Waals surface area contributed by atoms with Crippen molar-refractivity contribution in [3.63, 3.8) is 0 Å². The van der Waals surface area contributed by atoms with Crippen molar-refractivity contribution in [2.75, 3.05) is 11.9 Å². The van der Waals surface area contributed by atoms with Gasteiger partial charge in [-0.25, -0.2) is 19.3 Å². The van der Waals surface area contributed by atoms with Crippen molar-refractivity contribution < 1.29 is 19.7 Å². The molecule has 0 spiro atoms. The molecule has 10 heteroatoms. The molecular weight excluding hydrogens is 413 g/mol. The first kappa shape index (κ1) is 20.9. The van der Waals surface area contributed by atoms with Gasteiger partial charge in [0.1, 0.15) is 5.65 Å². The molecule has 160 valence electrons. The minimum Gasteiger partial charge on any atom is -0.394 e. The number of aliphatic hydroxyl groups is 3. The Hall–Kier alpha value is -2.33. The second-order valence-electron chi connectivity index (χ2n) is 7.84. The van der Waals surface area contributed by atoms with Crippen LogP contribution >= 0.6 is 11.6 Å². The fourth-order valence-electron chi connectivity index (χ4n) is 4.11. The van der Waals surface area contributed by atoms with E-state index in [1.54, 1.807) is 12.3 Å². The third-order valence-electron chi connectivity index (χ3n) is 5.47. The van der Waals surface area contributed by atoms with E-state index in [0.717, 1.165) is 18.0 Å². The number of aromatic nitrogens is 4. The van der Waals surface area contributed by atoms with E-state index >= 15 is 0 Å². The lowest BCUT2D eigenvalue weighted by Gasteiger charge is -2.38. The first-order valence-corrected chi connectivity index (χ1v) is 10.2. The molecular formula is C20H23ClFN5O3. The molecule has 1 aliphatic carbocycles. The molecule has 3 heterocycles. The molecule has 1 saturated carbocycles. The monoisotopic (exact) mass is 435 g/mol. The quantitative estimate of drug-likeness (QED) is 0.402. The number of fused-ring (bicyclic) bond motifs is 1. The van der Waals surface area contributed by atoms with E-state index in [9.17, 15) is 14.6 Å². The standard InChI is InChI=1S/C20H23ClFN5O3/c21-11-4-14-15(8-24-17(14)23-7-11)18-25-9-16(22)19(27-18)26-12-2-1-3-20(30,5-12)6-13(29)10-28/h4,7-9,12-13,28-30H,1-3,5-6,10H2,(H,23,24)(H,25,26,27)/t12-,13?,20+/m0/s1. The first-order valence-electron chi connectivity index (χ1n) is 9.80. The lowest BCUT2D eigenvalue weighted by molar-refractivity contribution is -0.0511. The number of H-pyrrole nitrogens is 1. The Kier molecular flexibility index (Phi) is 5.88. The summed E-state index contributed by atoms with van der Waals surface area (Å²) in [6.07, 6.45) is 5.67. The van der Waals surface area contributed by atoms with Crippen LogP contribution in [-0.4, -0.2) is 59.6 Å². The fourth-order valence-corrected chi connectivity index (χ4v) is 4.26. The van der Waals surface area contributed by atoms with Gasteiger partial charge >= 0.3 is 0 Å². The average Bonchev–Trinajstić information content (AvgIpc) is 3.12. The van der Waals surface area contributed by atoms with E-state index in [1.165, 1.54) is 6.20 Å². The van der Waals surface area contributed by atoms with E-state index in [4.69, 9.17) is 16.7 Å². The van der Waals surface area contributed by atoms with Crippen LogP contribution in [0.5, 0.6) is 0 Å². The number of anilines is 1. The SMILES string of the molecule is OCC(O)C[C@@]1(O)CCC[C@H](Nc2nc(-c3c[nH]c4ncc(Cl)cc34)ncc2F)C1. The predicted molar refractivity (Wildman–Crippen MR) is 111 cm³/mol. The number of nitrogens with one attached hydrogen (secondary N) is 2. The molecule has 4 rings (SSSR count). The van der Waals surface area contributed by atoms with Crippen LogP contribution in [0.1, 0.15) is 32.1 Å². The van der Waals surface area contributed by atoms with Crippen molar-refractivity contribution in [3.05, 3.63) is 35.5 Å². The van der Waals surface area contributed by atoms with Crippen LogP contribution in [0.4, 0.5) is 10.2 Å². The van der Waals surface area contributed by atoms with Crippen molar-refractivity contribution in [2.24, 2.45) is 0 Å². The zero-order chi connectivity index (χ0) is 21.3. The van der Waals surface area contributed by atoms with E-state index in [0.29, 0.717) is 41.3 Å². The van der Waals surface area contributed by atoms with Crippen LogP contribution in [-0.2, 0) is 0 Å². The fraction of sp³-hybridized carbons (Fsp3) is 0.450. The molecule has 1 unspecified atom stereocenters. The van der Waals surface area contributed by atoms with Crippen molar-refractivity contribution in [2.45, 2.75) is 49.9 Å². The lowest BCUT2D eigenvalue weighted by Crippen LogP contribution is -2.43. The third-order valence-corrected chi connectivity index (χ3v) is 5.68. The highest BCUT2D eigenvalue weighted by Crippen LogP contribution is 2.34. The number of halogens is 2. The highest BCUT2D eigenvalue weighted by Gasteiger charge is 2.36. The minimum absolute atomic E-state index is 0.0429. The Morgan fingerprint density at radius 1 is 1.37 bits per heavy atom. The van der Waals surface area contributed by atoms with E-state index in [1.807, 2.05) is 0 Å². The first-order chi connectivity index (χ1) is 14.4. The summed E-state index contributed by atoms with van der Waals surface area (Å²) in [5.41, 5.74) is 0.148. The highest BCUT2D eigenvalue weighted by atomic mass is 35.5. The van der Waals surface area contributed by atoms with Crippen LogP contribution in [0.25, 0.3) is 22.4 Å². The molecule has 30 heavy (non-hydrogen) atoms. The molecule has 0 aliphatic heterocycles. The van der Waals surface area contributed by atoms with Crippen LogP contribution in [0.2, 0.25) is 5.02 Å². The van der Waals surface area contributed by atoms with Gasteiger partial charge in [-0.3, -0.25) is 0 Å². The Labute approximate surface area is 177 Å². The molecule has 0 radical (unpaired) electrons. The van der Waals surface area contributed by atoms with Gasteiger partial charge in [0.2, 0.25) is 0 Å². The molecule has 1 aliphatic rings. The Morgan fingerprint density at radius 3 is 3.00 bits per heavy atom. The maximum Gasteiger partial charge on any atom is 0.183 e. The summed E-state index contributed by atoms with van der Waals surface area (Å²) in [5, 5.41) is 33.8. The Bertz CT molecular complexity index is 1050. The summed E-state index contributed by atoms with van der Waals surface area (Å²) in [6, 6.07) is 1.51. The number of nitrogens with zero attached hydrogens (tertiary/aromatic N) is 3. The van der Waals surface area contributed by atoms with Crippen LogP contribution < -0.4 is 5.32 Å². The Morgan fingerprint density at radius 2 is 2.20 bits per heavy atom. The molecule has 1 fully saturated rings.